The molecule has 16 heavy (non-hydrogen) atoms. The van der Waals surface area contributed by atoms with Crippen molar-refractivity contribution in [2.45, 2.75) is 6.92 Å². The van der Waals surface area contributed by atoms with Gasteiger partial charge in [0.2, 0.25) is 0 Å². The first kappa shape index (κ1) is 10.5. The fourth-order valence-corrected chi connectivity index (χ4v) is 1.92. The molecule has 2 aromatic rings. The molecule has 0 spiro atoms. The molecule has 0 heterocycles. The molecule has 0 radical (unpaired) electrons. The molecule has 80 valence electrons. The minimum Gasteiger partial charge on any atom is -0.405 e. The molecule has 2 N–H and O–H groups in total. The quantitative estimate of drug-likeness (QED) is 0.799. The van der Waals surface area contributed by atoms with Gasteiger partial charge in [-0.25, -0.2) is 0 Å². The smallest absolute Gasteiger partial charge is 0.00561 e. The van der Waals surface area contributed by atoms with Crippen LogP contribution < -0.4 is 5.73 Å². The van der Waals surface area contributed by atoms with Crippen molar-refractivity contribution in [1.29, 1.82) is 0 Å². The maximum atomic E-state index is 5.45. The van der Waals surface area contributed by atoms with Gasteiger partial charge in [0.1, 0.15) is 0 Å². The Morgan fingerprint density at radius 3 is 1.94 bits per heavy atom. The Bertz CT molecular complexity index is 500. The predicted molar refractivity (Wildman–Crippen MR) is 71.9 cm³/mol. The van der Waals surface area contributed by atoms with Gasteiger partial charge >= 0.3 is 0 Å². The Morgan fingerprint density at radius 2 is 1.44 bits per heavy atom. The van der Waals surface area contributed by atoms with Crippen LogP contribution in [-0.4, -0.2) is 0 Å². The predicted octanol–water partition coefficient (Wildman–Crippen LogP) is 3.80. The van der Waals surface area contributed by atoms with Crippen LogP contribution in [0.25, 0.3) is 22.9 Å². The van der Waals surface area contributed by atoms with Crippen LogP contribution in [0.3, 0.4) is 0 Å². The highest BCUT2D eigenvalue weighted by Gasteiger charge is 2.00. The minimum atomic E-state index is 1.16. The summed E-state index contributed by atoms with van der Waals surface area (Å²) in [5.74, 6) is 0. The molecular formula is C15H15N. The number of fused-ring (bicyclic) bond motifs is 1. The molecule has 0 saturated heterocycles. The first-order valence-corrected chi connectivity index (χ1v) is 5.39. The standard InChI is InChI=1S/C15H15N/c1-2-5-12-8-9-13(10-11-16)15-7-4-3-6-14(12)15/h2-11H,16H2,1H3/b5-2+,11-10+. The number of benzene rings is 2. The topological polar surface area (TPSA) is 26.0 Å². The van der Waals surface area contributed by atoms with Gasteiger partial charge in [-0.2, -0.15) is 0 Å². The summed E-state index contributed by atoms with van der Waals surface area (Å²) >= 11 is 0. The first-order chi connectivity index (χ1) is 7.86. The molecule has 0 bridgehead atoms. The molecular weight excluding hydrogens is 194 g/mol. The van der Waals surface area contributed by atoms with E-state index in [1.165, 1.54) is 16.3 Å². The zero-order valence-corrected chi connectivity index (χ0v) is 9.35. The van der Waals surface area contributed by atoms with Gasteiger partial charge in [-0.05, 0) is 41.1 Å². The monoisotopic (exact) mass is 209 g/mol. The van der Waals surface area contributed by atoms with Crippen molar-refractivity contribution >= 4 is 22.9 Å². The summed E-state index contributed by atoms with van der Waals surface area (Å²) < 4.78 is 0. The molecule has 0 aliphatic heterocycles. The molecule has 1 nitrogen and oxygen atoms in total. The third-order valence-corrected chi connectivity index (χ3v) is 2.61. The number of allylic oxidation sites excluding steroid dienone is 1. The van der Waals surface area contributed by atoms with E-state index in [2.05, 4.69) is 48.6 Å². The number of rotatable bonds is 2. The van der Waals surface area contributed by atoms with Crippen LogP contribution in [0.4, 0.5) is 0 Å². The Hall–Kier alpha value is -2.02. The van der Waals surface area contributed by atoms with Crippen LogP contribution >= 0.6 is 0 Å². The van der Waals surface area contributed by atoms with Crippen LogP contribution in [-0.2, 0) is 0 Å². The maximum Gasteiger partial charge on any atom is -0.00561 e. The summed E-state index contributed by atoms with van der Waals surface area (Å²) in [5.41, 5.74) is 7.86. The molecule has 1 heteroatoms. The number of hydrogen-bond acceptors (Lipinski definition) is 1. The van der Waals surface area contributed by atoms with Gasteiger partial charge < -0.3 is 5.73 Å². The molecule has 0 fully saturated rings. The molecule has 2 rings (SSSR count). The van der Waals surface area contributed by atoms with Crippen LogP contribution in [0.2, 0.25) is 0 Å². The Balaban J connectivity index is 2.76. The van der Waals surface area contributed by atoms with Crippen molar-refractivity contribution in [3.63, 3.8) is 0 Å². The SMILES string of the molecule is C/C=C/c1ccc(/C=C/N)c2ccccc12. The minimum absolute atomic E-state index is 1.16. The first-order valence-electron chi connectivity index (χ1n) is 5.39. The average Bonchev–Trinajstić information content (AvgIpc) is 2.33. The van der Waals surface area contributed by atoms with Crippen LogP contribution in [0.5, 0.6) is 0 Å². The van der Waals surface area contributed by atoms with Gasteiger partial charge in [0.15, 0.2) is 0 Å². The number of hydrogen-bond donors (Lipinski definition) is 1. The molecule has 2 aromatic carbocycles. The lowest BCUT2D eigenvalue weighted by atomic mass is 9.99. The second-order valence-corrected chi connectivity index (χ2v) is 3.65. The largest absolute Gasteiger partial charge is 0.405 e. The highest BCUT2D eigenvalue weighted by molar-refractivity contribution is 5.96. The second kappa shape index (κ2) is 4.67. The van der Waals surface area contributed by atoms with E-state index < -0.39 is 0 Å². The zero-order chi connectivity index (χ0) is 11.4. The van der Waals surface area contributed by atoms with E-state index in [0.29, 0.717) is 0 Å². The van der Waals surface area contributed by atoms with E-state index in [9.17, 15) is 0 Å². The van der Waals surface area contributed by atoms with Gasteiger partial charge in [-0.1, -0.05) is 48.6 Å². The highest BCUT2D eigenvalue weighted by Crippen LogP contribution is 2.24. The van der Waals surface area contributed by atoms with Gasteiger partial charge in [-0.3, -0.25) is 0 Å². The molecule has 0 amide bonds. The van der Waals surface area contributed by atoms with Crippen molar-refractivity contribution < 1.29 is 0 Å². The molecule has 0 atom stereocenters. The van der Waals surface area contributed by atoms with Gasteiger partial charge in [0, 0.05) is 0 Å². The van der Waals surface area contributed by atoms with Crippen LogP contribution in [0.1, 0.15) is 18.1 Å². The van der Waals surface area contributed by atoms with E-state index in [-0.39, 0.29) is 0 Å². The van der Waals surface area contributed by atoms with E-state index in [0.717, 1.165) is 5.56 Å². The van der Waals surface area contributed by atoms with E-state index in [4.69, 9.17) is 5.73 Å². The normalized spacial score (nSPS) is 11.8. The summed E-state index contributed by atoms with van der Waals surface area (Å²) in [6.45, 7) is 2.03. The molecule has 0 aliphatic rings. The summed E-state index contributed by atoms with van der Waals surface area (Å²) in [6, 6.07) is 12.6. The van der Waals surface area contributed by atoms with E-state index in [1.807, 2.05) is 13.0 Å². The average molecular weight is 209 g/mol. The second-order valence-electron chi connectivity index (χ2n) is 3.65. The fraction of sp³-hybridized carbons (Fsp3) is 0.0667. The molecule has 0 saturated carbocycles. The van der Waals surface area contributed by atoms with Crippen molar-refractivity contribution in [1.82, 2.24) is 0 Å². The van der Waals surface area contributed by atoms with Crippen molar-refractivity contribution in [3.05, 3.63) is 59.8 Å². The van der Waals surface area contributed by atoms with Gasteiger partial charge in [0.25, 0.3) is 0 Å². The van der Waals surface area contributed by atoms with E-state index >= 15 is 0 Å². The Labute approximate surface area is 95.9 Å². The van der Waals surface area contributed by atoms with Crippen molar-refractivity contribution in [2.75, 3.05) is 0 Å². The van der Waals surface area contributed by atoms with Crippen molar-refractivity contribution in [3.8, 4) is 0 Å². The molecule has 0 aliphatic carbocycles. The lowest BCUT2D eigenvalue weighted by Crippen LogP contribution is -1.84. The van der Waals surface area contributed by atoms with Crippen molar-refractivity contribution in [2.24, 2.45) is 5.73 Å². The third-order valence-electron chi connectivity index (χ3n) is 2.61. The van der Waals surface area contributed by atoms with Gasteiger partial charge in [0.05, 0.1) is 0 Å². The third kappa shape index (κ3) is 1.84. The van der Waals surface area contributed by atoms with E-state index in [1.54, 1.807) is 6.20 Å². The lowest BCUT2D eigenvalue weighted by Gasteiger charge is -2.05. The fourth-order valence-electron chi connectivity index (χ4n) is 1.92. The highest BCUT2D eigenvalue weighted by atomic mass is 14.5. The summed E-state index contributed by atoms with van der Waals surface area (Å²) in [5, 5.41) is 2.50. The summed E-state index contributed by atoms with van der Waals surface area (Å²) in [7, 11) is 0. The van der Waals surface area contributed by atoms with Crippen LogP contribution in [0, 0.1) is 0 Å². The lowest BCUT2D eigenvalue weighted by molar-refractivity contribution is 1.61. The maximum absolute atomic E-state index is 5.45. The number of nitrogens with two attached hydrogens (primary N) is 1. The molecule has 0 aromatic heterocycles. The summed E-state index contributed by atoms with van der Waals surface area (Å²) in [4.78, 5) is 0. The Morgan fingerprint density at radius 1 is 0.875 bits per heavy atom. The Kier molecular flexibility index (Phi) is 3.06. The van der Waals surface area contributed by atoms with Gasteiger partial charge in [-0.15, -0.1) is 0 Å². The summed E-state index contributed by atoms with van der Waals surface area (Å²) in [6.07, 6.45) is 7.69. The van der Waals surface area contributed by atoms with Crippen LogP contribution in [0.15, 0.2) is 48.7 Å². The molecule has 0 unspecified atom stereocenters. The zero-order valence-electron chi connectivity index (χ0n) is 9.35.